The fraction of sp³-hybridized carbons (Fsp3) is 0.500. The lowest BCUT2D eigenvalue weighted by atomic mass is 10.1. The lowest BCUT2D eigenvalue weighted by Crippen LogP contribution is -2.00. The second-order valence-corrected chi connectivity index (χ2v) is 5.24. The van der Waals surface area contributed by atoms with Crippen LogP contribution in [0.3, 0.4) is 0 Å². The summed E-state index contributed by atoms with van der Waals surface area (Å²) in [5.74, 6) is 0.615. The van der Waals surface area contributed by atoms with Gasteiger partial charge in [0.05, 0.1) is 9.21 Å². The van der Waals surface area contributed by atoms with E-state index in [-0.39, 0.29) is 5.78 Å². The number of halogens is 1. The van der Waals surface area contributed by atoms with Gasteiger partial charge in [-0.2, -0.15) is 0 Å². The topological polar surface area (TPSA) is 17.1 Å². The van der Waals surface area contributed by atoms with Crippen molar-refractivity contribution in [2.24, 2.45) is 5.92 Å². The third kappa shape index (κ3) is 2.82. The average molecular weight is 217 g/mol. The molecule has 1 nitrogen and oxygen atoms in total. The smallest absolute Gasteiger partial charge is 0.173 e. The summed E-state index contributed by atoms with van der Waals surface area (Å²) in [6.45, 7) is 6.00. The highest BCUT2D eigenvalue weighted by molar-refractivity contribution is 7.18. The first-order valence-corrected chi connectivity index (χ1v) is 5.49. The Bertz CT molecular complexity index is 295. The van der Waals surface area contributed by atoms with Gasteiger partial charge in [0.25, 0.3) is 0 Å². The van der Waals surface area contributed by atoms with Gasteiger partial charge in [-0.05, 0) is 24.5 Å². The third-order valence-corrected chi connectivity index (χ3v) is 3.32. The van der Waals surface area contributed by atoms with Gasteiger partial charge in [0.2, 0.25) is 0 Å². The summed E-state index contributed by atoms with van der Waals surface area (Å²) >= 11 is 7.26. The molecule has 1 heterocycles. The van der Waals surface area contributed by atoms with E-state index >= 15 is 0 Å². The molecule has 0 atom stereocenters. The molecular weight excluding hydrogens is 204 g/mol. The van der Waals surface area contributed by atoms with Gasteiger partial charge in [0.1, 0.15) is 0 Å². The summed E-state index contributed by atoms with van der Waals surface area (Å²) in [7, 11) is 0. The molecule has 1 aromatic rings. The molecule has 1 rings (SSSR count). The first-order chi connectivity index (χ1) is 6.00. The Morgan fingerprint density at radius 2 is 2.23 bits per heavy atom. The Labute approximate surface area is 87.7 Å². The van der Waals surface area contributed by atoms with Gasteiger partial charge < -0.3 is 0 Å². The first-order valence-electron chi connectivity index (χ1n) is 4.30. The third-order valence-electron chi connectivity index (χ3n) is 1.73. The largest absolute Gasteiger partial charge is 0.293 e. The van der Waals surface area contributed by atoms with Crippen LogP contribution in [0.4, 0.5) is 0 Å². The number of ketones is 1. The Kier molecular flexibility index (Phi) is 3.51. The molecule has 0 spiro atoms. The van der Waals surface area contributed by atoms with E-state index in [0.717, 1.165) is 14.8 Å². The van der Waals surface area contributed by atoms with Gasteiger partial charge in [0.15, 0.2) is 5.78 Å². The molecule has 0 aromatic carbocycles. The Balaban J connectivity index is 2.77. The Morgan fingerprint density at radius 3 is 2.62 bits per heavy atom. The minimum Gasteiger partial charge on any atom is -0.293 e. The van der Waals surface area contributed by atoms with Crippen molar-refractivity contribution in [2.75, 3.05) is 0 Å². The SMILES string of the molecule is Cc1cc(C(=O)CC(C)C)sc1Cl. The molecule has 3 heteroatoms. The highest BCUT2D eigenvalue weighted by Crippen LogP contribution is 2.28. The zero-order valence-corrected chi connectivity index (χ0v) is 9.63. The molecule has 0 unspecified atom stereocenters. The zero-order chi connectivity index (χ0) is 10.0. The fourth-order valence-electron chi connectivity index (χ4n) is 1.07. The van der Waals surface area contributed by atoms with Crippen LogP contribution in [0.15, 0.2) is 6.07 Å². The predicted octanol–water partition coefficient (Wildman–Crippen LogP) is 3.94. The summed E-state index contributed by atoms with van der Waals surface area (Å²) in [4.78, 5) is 12.4. The summed E-state index contributed by atoms with van der Waals surface area (Å²) in [6, 6.07) is 1.87. The van der Waals surface area contributed by atoms with Crippen LogP contribution >= 0.6 is 22.9 Å². The van der Waals surface area contributed by atoms with Crippen molar-refractivity contribution in [3.05, 3.63) is 20.8 Å². The van der Waals surface area contributed by atoms with Gasteiger partial charge in [-0.1, -0.05) is 25.4 Å². The van der Waals surface area contributed by atoms with Gasteiger partial charge in [-0.15, -0.1) is 11.3 Å². The van der Waals surface area contributed by atoms with E-state index in [1.807, 2.05) is 26.8 Å². The molecule has 13 heavy (non-hydrogen) atoms. The molecule has 0 N–H and O–H groups in total. The molecule has 0 radical (unpaired) electrons. The van der Waals surface area contributed by atoms with Crippen molar-refractivity contribution in [3.63, 3.8) is 0 Å². The predicted molar refractivity (Wildman–Crippen MR) is 57.9 cm³/mol. The van der Waals surface area contributed by atoms with E-state index in [9.17, 15) is 4.79 Å². The number of carbonyl (C=O) groups is 1. The number of rotatable bonds is 3. The molecule has 0 fully saturated rings. The van der Waals surface area contributed by atoms with Crippen molar-refractivity contribution in [1.29, 1.82) is 0 Å². The van der Waals surface area contributed by atoms with Gasteiger partial charge >= 0.3 is 0 Å². The molecule has 0 aliphatic heterocycles. The van der Waals surface area contributed by atoms with Gasteiger partial charge in [-0.3, -0.25) is 4.79 Å². The second-order valence-electron chi connectivity index (χ2n) is 3.59. The van der Waals surface area contributed by atoms with Crippen LogP contribution in [-0.4, -0.2) is 5.78 Å². The monoisotopic (exact) mass is 216 g/mol. The lowest BCUT2D eigenvalue weighted by molar-refractivity contribution is 0.0972. The lowest BCUT2D eigenvalue weighted by Gasteiger charge is -2.00. The van der Waals surface area contributed by atoms with E-state index in [2.05, 4.69) is 0 Å². The maximum absolute atomic E-state index is 11.6. The van der Waals surface area contributed by atoms with Crippen molar-refractivity contribution in [1.82, 2.24) is 0 Å². The van der Waals surface area contributed by atoms with E-state index in [1.54, 1.807) is 0 Å². The van der Waals surface area contributed by atoms with Crippen LogP contribution in [0.2, 0.25) is 4.34 Å². The van der Waals surface area contributed by atoms with Crippen molar-refractivity contribution in [3.8, 4) is 0 Å². The maximum atomic E-state index is 11.6. The quantitative estimate of drug-likeness (QED) is 0.700. The van der Waals surface area contributed by atoms with E-state index in [4.69, 9.17) is 11.6 Å². The fourth-order valence-corrected chi connectivity index (χ4v) is 2.22. The minimum atomic E-state index is 0.204. The van der Waals surface area contributed by atoms with Crippen molar-refractivity contribution < 1.29 is 4.79 Å². The number of Topliss-reactive ketones (excluding diaryl/α,β-unsaturated/α-hetero) is 1. The molecule has 0 amide bonds. The summed E-state index contributed by atoms with van der Waals surface area (Å²) < 4.78 is 0.729. The second kappa shape index (κ2) is 4.25. The summed E-state index contributed by atoms with van der Waals surface area (Å²) in [5.41, 5.74) is 0.999. The molecule has 72 valence electrons. The normalized spacial score (nSPS) is 10.8. The molecule has 0 saturated carbocycles. The zero-order valence-electron chi connectivity index (χ0n) is 8.06. The summed E-state index contributed by atoms with van der Waals surface area (Å²) in [5, 5.41) is 0. The molecule has 0 aliphatic carbocycles. The van der Waals surface area contributed by atoms with Crippen LogP contribution in [-0.2, 0) is 0 Å². The number of aryl methyl sites for hydroxylation is 1. The van der Waals surface area contributed by atoms with Crippen LogP contribution in [0.25, 0.3) is 0 Å². The van der Waals surface area contributed by atoms with Crippen LogP contribution < -0.4 is 0 Å². The first kappa shape index (κ1) is 10.7. The molecule has 0 saturated heterocycles. The van der Waals surface area contributed by atoms with Crippen LogP contribution in [0.1, 0.15) is 35.5 Å². The Morgan fingerprint density at radius 1 is 1.62 bits per heavy atom. The van der Waals surface area contributed by atoms with Crippen LogP contribution in [0, 0.1) is 12.8 Å². The summed E-state index contributed by atoms with van der Waals surface area (Å²) in [6.07, 6.45) is 0.607. The van der Waals surface area contributed by atoms with E-state index in [0.29, 0.717) is 12.3 Å². The maximum Gasteiger partial charge on any atom is 0.173 e. The van der Waals surface area contributed by atoms with E-state index in [1.165, 1.54) is 11.3 Å². The minimum absolute atomic E-state index is 0.204. The molecule has 0 bridgehead atoms. The highest BCUT2D eigenvalue weighted by atomic mass is 35.5. The van der Waals surface area contributed by atoms with Crippen LogP contribution in [0.5, 0.6) is 0 Å². The standard InChI is InChI=1S/C10H13ClOS/c1-6(2)4-8(12)9-5-7(3)10(11)13-9/h5-6H,4H2,1-3H3. The number of carbonyl (C=O) groups excluding carboxylic acids is 1. The number of thiophene rings is 1. The van der Waals surface area contributed by atoms with Crippen molar-refractivity contribution >= 4 is 28.7 Å². The van der Waals surface area contributed by atoms with Gasteiger partial charge in [-0.25, -0.2) is 0 Å². The van der Waals surface area contributed by atoms with E-state index < -0.39 is 0 Å². The molecular formula is C10H13ClOS. The van der Waals surface area contributed by atoms with Crippen molar-refractivity contribution in [2.45, 2.75) is 27.2 Å². The molecule has 0 aliphatic rings. The highest BCUT2D eigenvalue weighted by Gasteiger charge is 2.12. The van der Waals surface area contributed by atoms with Gasteiger partial charge in [0, 0.05) is 6.42 Å². The number of hydrogen-bond donors (Lipinski definition) is 0. The Hall–Kier alpha value is -0.340. The average Bonchev–Trinajstić information content (AvgIpc) is 2.31. The molecule has 1 aromatic heterocycles. The number of hydrogen-bond acceptors (Lipinski definition) is 2.